The average molecular weight is 263 g/mol. The fraction of sp³-hybridized carbons (Fsp3) is 0.647. The molecule has 0 amide bonds. The van der Waals surface area contributed by atoms with Crippen molar-refractivity contribution >= 4 is 0 Å². The molecule has 2 rings (SSSR count). The van der Waals surface area contributed by atoms with Gasteiger partial charge in [-0.3, -0.25) is 0 Å². The van der Waals surface area contributed by atoms with E-state index in [1.54, 1.807) is 12.1 Å². The van der Waals surface area contributed by atoms with E-state index in [1.165, 1.54) is 37.7 Å². The summed E-state index contributed by atoms with van der Waals surface area (Å²) < 4.78 is 13.1. The molecule has 0 radical (unpaired) electrons. The SMILES string of the molecule is CCCCCC1(C)CCNCC1c1ccc(F)cc1. The summed E-state index contributed by atoms with van der Waals surface area (Å²) in [5.74, 6) is 0.374. The smallest absolute Gasteiger partial charge is 0.123 e. The zero-order valence-corrected chi connectivity index (χ0v) is 12.2. The van der Waals surface area contributed by atoms with Gasteiger partial charge in [0, 0.05) is 12.5 Å². The van der Waals surface area contributed by atoms with Gasteiger partial charge in [-0.2, -0.15) is 0 Å². The van der Waals surface area contributed by atoms with Gasteiger partial charge in [-0.15, -0.1) is 0 Å². The van der Waals surface area contributed by atoms with Crippen LogP contribution in [-0.4, -0.2) is 13.1 Å². The molecule has 2 atom stereocenters. The van der Waals surface area contributed by atoms with Crippen LogP contribution in [0, 0.1) is 11.2 Å². The van der Waals surface area contributed by atoms with E-state index in [1.807, 2.05) is 12.1 Å². The fourth-order valence-corrected chi connectivity index (χ4v) is 3.33. The Morgan fingerprint density at radius 2 is 2.00 bits per heavy atom. The van der Waals surface area contributed by atoms with Crippen molar-refractivity contribution in [2.75, 3.05) is 13.1 Å². The number of rotatable bonds is 5. The molecule has 0 spiro atoms. The quantitative estimate of drug-likeness (QED) is 0.772. The summed E-state index contributed by atoms with van der Waals surface area (Å²) in [5.41, 5.74) is 1.64. The molecular formula is C17H26FN. The van der Waals surface area contributed by atoms with Gasteiger partial charge in [-0.1, -0.05) is 45.2 Å². The lowest BCUT2D eigenvalue weighted by molar-refractivity contribution is 0.167. The first kappa shape index (κ1) is 14.5. The highest BCUT2D eigenvalue weighted by Crippen LogP contribution is 2.44. The van der Waals surface area contributed by atoms with Crippen LogP contribution in [0.1, 0.15) is 57.4 Å². The van der Waals surface area contributed by atoms with Crippen molar-refractivity contribution in [2.24, 2.45) is 5.41 Å². The summed E-state index contributed by atoms with van der Waals surface area (Å²) in [5, 5.41) is 3.50. The molecule has 2 unspecified atom stereocenters. The molecule has 1 aliphatic rings. The first-order valence-corrected chi connectivity index (χ1v) is 7.62. The minimum absolute atomic E-state index is 0.139. The van der Waals surface area contributed by atoms with Gasteiger partial charge in [0.25, 0.3) is 0 Å². The third kappa shape index (κ3) is 3.56. The normalized spacial score (nSPS) is 27.4. The van der Waals surface area contributed by atoms with Crippen molar-refractivity contribution in [1.29, 1.82) is 0 Å². The van der Waals surface area contributed by atoms with Crippen LogP contribution in [0.4, 0.5) is 4.39 Å². The summed E-state index contributed by atoms with van der Waals surface area (Å²) in [6.45, 7) is 6.80. The van der Waals surface area contributed by atoms with Crippen molar-refractivity contribution < 1.29 is 4.39 Å². The lowest BCUT2D eigenvalue weighted by Crippen LogP contribution is -2.42. The molecule has 19 heavy (non-hydrogen) atoms. The maximum atomic E-state index is 13.1. The van der Waals surface area contributed by atoms with Gasteiger partial charge in [-0.25, -0.2) is 4.39 Å². The third-order valence-corrected chi connectivity index (χ3v) is 4.69. The molecule has 1 aliphatic heterocycles. The van der Waals surface area contributed by atoms with Crippen molar-refractivity contribution in [3.05, 3.63) is 35.6 Å². The Balaban J connectivity index is 2.12. The van der Waals surface area contributed by atoms with Crippen LogP contribution in [0.25, 0.3) is 0 Å². The molecule has 0 aliphatic carbocycles. The summed E-state index contributed by atoms with van der Waals surface area (Å²) >= 11 is 0. The van der Waals surface area contributed by atoms with Crippen LogP contribution in [-0.2, 0) is 0 Å². The molecule has 1 aromatic carbocycles. The van der Waals surface area contributed by atoms with Crippen LogP contribution in [0.15, 0.2) is 24.3 Å². The summed E-state index contributed by atoms with van der Waals surface area (Å²) in [7, 11) is 0. The summed E-state index contributed by atoms with van der Waals surface area (Å²) in [4.78, 5) is 0. The summed E-state index contributed by atoms with van der Waals surface area (Å²) in [6.07, 6.45) is 6.41. The van der Waals surface area contributed by atoms with Crippen LogP contribution < -0.4 is 5.32 Å². The second-order valence-corrected chi connectivity index (χ2v) is 6.17. The highest BCUT2D eigenvalue weighted by molar-refractivity contribution is 5.24. The van der Waals surface area contributed by atoms with Crippen LogP contribution in [0.2, 0.25) is 0 Å². The fourth-order valence-electron chi connectivity index (χ4n) is 3.33. The monoisotopic (exact) mass is 263 g/mol. The minimum atomic E-state index is -0.139. The van der Waals surface area contributed by atoms with Crippen LogP contribution >= 0.6 is 0 Å². The number of halogens is 1. The number of nitrogens with one attached hydrogen (secondary N) is 1. The van der Waals surface area contributed by atoms with E-state index < -0.39 is 0 Å². The first-order chi connectivity index (χ1) is 9.15. The Morgan fingerprint density at radius 1 is 1.26 bits per heavy atom. The van der Waals surface area contributed by atoms with Crippen LogP contribution in [0.5, 0.6) is 0 Å². The van der Waals surface area contributed by atoms with Crippen molar-refractivity contribution in [1.82, 2.24) is 5.32 Å². The Labute approximate surface area is 116 Å². The lowest BCUT2D eigenvalue weighted by atomic mass is 9.66. The molecule has 1 saturated heterocycles. The Kier molecular flexibility index (Phi) is 4.98. The highest BCUT2D eigenvalue weighted by atomic mass is 19.1. The molecule has 1 heterocycles. The van der Waals surface area contributed by atoms with Gasteiger partial charge in [0.1, 0.15) is 5.82 Å². The molecule has 106 valence electrons. The molecule has 1 aromatic rings. The number of hydrogen-bond acceptors (Lipinski definition) is 1. The van der Waals surface area contributed by atoms with E-state index in [4.69, 9.17) is 0 Å². The second kappa shape index (κ2) is 6.51. The molecule has 1 N–H and O–H groups in total. The molecule has 0 aromatic heterocycles. The van der Waals surface area contributed by atoms with Crippen molar-refractivity contribution in [3.8, 4) is 0 Å². The van der Waals surface area contributed by atoms with Crippen molar-refractivity contribution in [2.45, 2.75) is 51.9 Å². The average Bonchev–Trinajstić information content (AvgIpc) is 2.41. The molecule has 2 heteroatoms. The van der Waals surface area contributed by atoms with E-state index in [-0.39, 0.29) is 5.82 Å². The minimum Gasteiger partial charge on any atom is -0.316 e. The van der Waals surface area contributed by atoms with E-state index in [0.717, 1.165) is 13.1 Å². The van der Waals surface area contributed by atoms with Gasteiger partial charge in [0.15, 0.2) is 0 Å². The van der Waals surface area contributed by atoms with E-state index in [2.05, 4.69) is 19.2 Å². The second-order valence-electron chi connectivity index (χ2n) is 6.17. The Hall–Kier alpha value is -0.890. The van der Waals surface area contributed by atoms with E-state index in [9.17, 15) is 4.39 Å². The first-order valence-electron chi connectivity index (χ1n) is 7.62. The van der Waals surface area contributed by atoms with Gasteiger partial charge in [0.2, 0.25) is 0 Å². The zero-order chi connectivity index (χ0) is 13.7. The standard InChI is InChI=1S/C17H26FN/c1-3-4-5-10-17(2)11-12-19-13-16(17)14-6-8-15(18)9-7-14/h6-9,16,19H,3-5,10-13H2,1-2H3. The topological polar surface area (TPSA) is 12.0 Å². The maximum absolute atomic E-state index is 13.1. The van der Waals surface area contributed by atoms with Gasteiger partial charge in [0.05, 0.1) is 0 Å². The summed E-state index contributed by atoms with van der Waals surface area (Å²) in [6, 6.07) is 7.11. The van der Waals surface area contributed by atoms with Gasteiger partial charge >= 0.3 is 0 Å². The number of unbranched alkanes of at least 4 members (excludes halogenated alkanes) is 2. The molecule has 0 saturated carbocycles. The molecule has 1 nitrogen and oxygen atoms in total. The Morgan fingerprint density at radius 3 is 2.68 bits per heavy atom. The van der Waals surface area contributed by atoms with E-state index in [0.29, 0.717) is 11.3 Å². The van der Waals surface area contributed by atoms with E-state index >= 15 is 0 Å². The number of piperidine rings is 1. The van der Waals surface area contributed by atoms with Gasteiger partial charge < -0.3 is 5.32 Å². The Bertz CT molecular complexity index is 387. The number of benzene rings is 1. The molecule has 1 fully saturated rings. The maximum Gasteiger partial charge on any atom is 0.123 e. The van der Waals surface area contributed by atoms with Gasteiger partial charge in [-0.05, 0) is 42.5 Å². The largest absolute Gasteiger partial charge is 0.316 e. The molecular weight excluding hydrogens is 237 g/mol. The van der Waals surface area contributed by atoms with Crippen molar-refractivity contribution in [3.63, 3.8) is 0 Å². The predicted octanol–water partition coefficient (Wildman–Crippen LogP) is 4.49. The van der Waals surface area contributed by atoms with Crippen LogP contribution in [0.3, 0.4) is 0 Å². The zero-order valence-electron chi connectivity index (χ0n) is 12.2. The number of hydrogen-bond donors (Lipinski definition) is 1. The third-order valence-electron chi connectivity index (χ3n) is 4.69. The highest BCUT2D eigenvalue weighted by Gasteiger charge is 2.36. The molecule has 0 bridgehead atoms. The predicted molar refractivity (Wildman–Crippen MR) is 78.9 cm³/mol. The lowest BCUT2D eigenvalue weighted by Gasteiger charge is -2.42.